The van der Waals surface area contributed by atoms with Crippen molar-refractivity contribution in [3.8, 4) is 33.5 Å². The summed E-state index contributed by atoms with van der Waals surface area (Å²) < 4.78 is 0. The first kappa shape index (κ1) is 36.9. The average Bonchev–Trinajstić information content (AvgIpc) is 3.93. The van der Waals surface area contributed by atoms with Crippen LogP contribution >= 0.6 is 0 Å². The minimum Gasteiger partial charge on any atom is -0.355 e. The Morgan fingerprint density at radius 2 is 1.37 bits per heavy atom. The summed E-state index contributed by atoms with van der Waals surface area (Å²) in [5, 5.41) is 2.74. The van der Waals surface area contributed by atoms with Crippen molar-refractivity contribution in [2.45, 2.75) is 65.2 Å². The number of H-pyrrole nitrogens is 1. The van der Waals surface area contributed by atoms with Crippen LogP contribution < -0.4 is 0 Å². The van der Waals surface area contributed by atoms with Gasteiger partial charge in [-0.1, -0.05) is 148 Å². The maximum Gasteiger partial charge on any atom is 0.0458 e. The first-order valence-corrected chi connectivity index (χ1v) is 21.8. The number of allylic oxidation sites excluding steroid dienone is 21. The van der Waals surface area contributed by atoms with E-state index in [1.54, 1.807) is 11.1 Å². The lowest BCUT2D eigenvalue weighted by atomic mass is 9.87. The summed E-state index contributed by atoms with van der Waals surface area (Å²) in [6, 6.07) is 32.3. The fourth-order valence-corrected chi connectivity index (χ4v) is 10.1. The van der Waals surface area contributed by atoms with Gasteiger partial charge in [-0.2, -0.15) is 0 Å². The van der Waals surface area contributed by atoms with E-state index in [2.05, 4.69) is 163 Å². The van der Waals surface area contributed by atoms with Gasteiger partial charge in [0.1, 0.15) is 0 Å². The van der Waals surface area contributed by atoms with E-state index in [1.165, 1.54) is 94.3 Å². The molecule has 1 N–H and O–H groups in total. The summed E-state index contributed by atoms with van der Waals surface area (Å²) in [7, 11) is 0. The number of rotatable bonds is 8. The van der Waals surface area contributed by atoms with Crippen LogP contribution in [0.4, 0.5) is 0 Å². The van der Waals surface area contributed by atoms with Gasteiger partial charge in [-0.15, -0.1) is 0 Å². The van der Waals surface area contributed by atoms with Gasteiger partial charge >= 0.3 is 0 Å². The topological polar surface area (TPSA) is 15.8 Å². The zero-order chi connectivity index (χ0) is 39.9. The average molecular weight is 762 g/mol. The first-order valence-electron chi connectivity index (χ1n) is 21.8. The summed E-state index contributed by atoms with van der Waals surface area (Å²) in [6.45, 7) is 8.80. The number of fused-ring (bicyclic) bond motifs is 4. The maximum absolute atomic E-state index is 4.80. The second-order valence-corrected chi connectivity index (χ2v) is 16.2. The maximum atomic E-state index is 4.80. The molecule has 1 nitrogen and oxygen atoms in total. The molecule has 1 heteroatoms. The van der Waals surface area contributed by atoms with E-state index >= 15 is 0 Å². The summed E-state index contributed by atoms with van der Waals surface area (Å²) in [4.78, 5) is 3.67. The molecule has 0 atom stereocenters. The highest BCUT2D eigenvalue weighted by Gasteiger charge is 2.29. The molecule has 1 heterocycles. The van der Waals surface area contributed by atoms with Gasteiger partial charge in [0, 0.05) is 11.4 Å². The molecule has 0 amide bonds. The molecule has 4 aromatic carbocycles. The lowest BCUT2D eigenvalue weighted by Gasteiger charge is -2.17. The predicted octanol–water partition coefficient (Wildman–Crippen LogP) is 16.3. The minimum absolute atomic E-state index is 0.932. The molecule has 0 fully saturated rings. The van der Waals surface area contributed by atoms with Gasteiger partial charge in [-0.05, 0) is 187 Å². The van der Waals surface area contributed by atoms with E-state index in [9.17, 15) is 0 Å². The number of aromatic nitrogens is 1. The quantitative estimate of drug-likeness (QED) is 0.162. The Hall–Kier alpha value is -6.44. The van der Waals surface area contributed by atoms with Gasteiger partial charge in [0.2, 0.25) is 0 Å². The third-order valence-corrected chi connectivity index (χ3v) is 12.9. The largest absolute Gasteiger partial charge is 0.355 e. The highest BCUT2D eigenvalue weighted by molar-refractivity contribution is 6.19. The standard InChI is InChI=1S/C56H45N.C2H6/c1-36(23-28-50-46-17-8-6-15-44(46)45-16-7-9-18-47(45)50)40-33-41(37-24-26-39(27-25-37)55-32-31-54(57-55)38-13-4-2-3-5-14-38)35-42(34-40)43-29-30-53-49-20-11-10-19-48(49)52-22-12-21-51(43)56(52)53;1-2/h2,4-8,10,12-16,19,21-22,24-27,29-35,57H,1,3,9,11,17-18,20,23,28H2;1-2H3. The molecule has 6 aliphatic carbocycles. The summed E-state index contributed by atoms with van der Waals surface area (Å²) >= 11 is 0. The third kappa shape index (κ3) is 6.60. The van der Waals surface area contributed by atoms with Crippen LogP contribution in [0.15, 0.2) is 192 Å². The molecule has 1 aromatic heterocycles. The van der Waals surface area contributed by atoms with Crippen molar-refractivity contribution in [3.63, 3.8) is 0 Å². The van der Waals surface area contributed by atoms with Gasteiger partial charge < -0.3 is 4.98 Å². The number of benzene rings is 4. The normalized spacial score (nSPS) is 17.1. The Morgan fingerprint density at radius 1 is 0.610 bits per heavy atom. The van der Waals surface area contributed by atoms with Gasteiger partial charge in [0.25, 0.3) is 0 Å². The van der Waals surface area contributed by atoms with Gasteiger partial charge in [0.15, 0.2) is 0 Å². The molecule has 0 saturated carbocycles. The molecule has 5 aromatic rings. The van der Waals surface area contributed by atoms with Crippen LogP contribution in [0, 0.1) is 0 Å². The zero-order valence-corrected chi connectivity index (χ0v) is 34.4. The van der Waals surface area contributed by atoms with Gasteiger partial charge in [0.05, 0.1) is 0 Å². The second kappa shape index (κ2) is 15.7. The van der Waals surface area contributed by atoms with Crippen molar-refractivity contribution in [2.75, 3.05) is 0 Å². The van der Waals surface area contributed by atoms with Crippen molar-refractivity contribution in [1.82, 2.24) is 4.98 Å². The molecule has 59 heavy (non-hydrogen) atoms. The fraction of sp³-hybridized carbons (Fsp3) is 0.172. The Balaban J connectivity index is 0.00000207. The smallest absolute Gasteiger partial charge is 0.0458 e. The zero-order valence-electron chi connectivity index (χ0n) is 34.4. The number of hydrogen-bond acceptors (Lipinski definition) is 0. The van der Waals surface area contributed by atoms with Gasteiger partial charge in [-0.25, -0.2) is 0 Å². The van der Waals surface area contributed by atoms with Crippen LogP contribution in [-0.4, -0.2) is 4.98 Å². The molecular weight excluding hydrogens is 711 g/mol. The van der Waals surface area contributed by atoms with E-state index in [0.29, 0.717) is 0 Å². The highest BCUT2D eigenvalue weighted by atomic mass is 14.7. The van der Waals surface area contributed by atoms with Crippen LogP contribution in [-0.2, 0) is 0 Å². The molecule has 0 saturated heterocycles. The lowest BCUT2D eigenvalue weighted by molar-refractivity contribution is 0.907. The van der Waals surface area contributed by atoms with E-state index in [-0.39, 0.29) is 0 Å². The third-order valence-electron chi connectivity index (χ3n) is 12.9. The van der Waals surface area contributed by atoms with Crippen LogP contribution in [0.1, 0.15) is 87.6 Å². The number of nitrogens with one attached hydrogen (secondary N) is 1. The van der Waals surface area contributed by atoms with Crippen LogP contribution in [0.3, 0.4) is 0 Å². The predicted molar refractivity (Wildman–Crippen MR) is 255 cm³/mol. The summed E-state index contributed by atoms with van der Waals surface area (Å²) in [5.74, 6) is 0. The van der Waals surface area contributed by atoms with E-state index in [1.807, 2.05) is 13.8 Å². The molecule has 0 bridgehead atoms. The summed E-state index contributed by atoms with van der Waals surface area (Å²) in [6.07, 6.45) is 35.6. The van der Waals surface area contributed by atoms with Crippen LogP contribution in [0.2, 0.25) is 0 Å². The summed E-state index contributed by atoms with van der Waals surface area (Å²) in [5.41, 5.74) is 25.3. The Morgan fingerprint density at radius 3 is 2.25 bits per heavy atom. The SMILES string of the molecule is C=C(CCC1=C2CC=CC=C2C2=C1CCC=C2)c1cc(-c2ccc(-c3ccc(C4=CC=CCC=C4)[nH]3)cc2)cc(-c2ccc3c4c(cccc24)C2=C3CCC=C2)c1.CC. The lowest BCUT2D eigenvalue weighted by Crippen LogP contribution is -1.96. The van der Waals surface area contributed by atoms with E-state index in [0.717, 1.165) is 62.8 Å². The van der Waals surface area contributed by atoms with Gasteiger partial charge in [-0.3, -0.25) is 0 Å². The minimum atomic E-state index is 0.932. The monoisotopic (exact) mass is 761 g/mol. The van der Waals surface area contributed by atoms with Crippen LogP contribution in [0.25, 0.3) is 66.6 Å². The van der Waals surface area contributed by atoms with Crippen molar-refractivity contribution in [1.29, 1.82) is 0 Å². The van der Waals surface area contributed by atoms with Crippen molar-refractivity contribution in [3.05, 3.63) is 215 Å². The van der Waals surface area contributed by atoms with E-state index in [4.69, 9.17) is 6.58 Å². The Kier molecular flexibility index (Phi) is 9.83. The molecule has 11 rings (SSSR count). The number of aromatic amines is 1. The second-order valence-electron chi connectivity index (χ2n) is 16.2. The number of hydrogen-bond donors (Lipinski definition) is 1. The van der Waals surface area contributed by atoms with Crippen molar-refractivity contribution >= 4 is 33.1 Å². The molecule has 288 valence electrons. The van der Waals surface area contributed by atoms with E-state index < -0.39 is 0 Å². The van der Waals surface area contributed by atoms with Crippen molar-refractivity contribution in [2.24, 2.45) is 0 Å². The molecule has 0 spiro atoms. The van der Waals surface area contributed by atoms with Crippen molar-refractivity contribution < 1.29 is 0 Å². The first-order chi connectivity index (χ1) is 29.2. The van der Waals surface area contributed by atoms with Crippen LogP contribution in [0.5, 0.6) is 0 Å². The Bertz CT molecular complexity index is 2870. The molecular formula is C58H51N. The molecule has 0 radical (unpaired) electrons. The molecule has 0 aliphatic heterocycles. The molecule has 6 aliphatic rings. The fourth-order valence-electron chi connectivity index (χ4n) is 10.1. The highest BCUT2D eigenvalue weighted by Crippen LogP contribution is 2.50. The Labute approximate surface area is 350 Å². The molecule has 0 unspecified atom stereocenters.